The Morgan fingerprint density at radius 3 is 2.76 bits per heavy atom. The number of fused-ring (bicyclic) bond motifs is 1. The molecule has 1 saturated heterocycles. The van der Waals surface area contributed by atoms with Crippen LogP contribution in [0.3, 0.4) is 0 Å². The average Bonchev–Trinajstić information content (AvgIpc) is 2.89. The molecule has 0 saturated carbocycles. The molecule has 0 atom stereocenters. The highest BCUT2D eigenvalue weighted by Gasteiger charge is 2.27. The van der Waals surface area contributed by atoms with E-state index in [0.29, 0.717) is 6.04 Å². The van der Waals surface area contributed by atoms with Gasteiger partial charge < -0.3 is 4.90 Å². The second-order valence-electron chi connectivity index (χ2n) is 5.26. The van der Waals surface area contributed by atoms with Crippen molar-refractivity contribution in [1.82, 2.24) is 14.7 Å². The summed E-state index contributed by atoms with van der Waals surface area (Å²) >= 11 is 0. The van der Waals surface area contributed by atoms with Gasteiger partial charge in [-0.1, -0.05) is 0 Å². The first-order chi connectivity index (χ1) is 8.29. The fraction of sp³-hybridized carbons (Fsp3) is 0.692. The van der Waals surface area contributed by atoms with Crippen molar-refractivity contribution in [3.05, 3.63) is 17.0 Å². The van der Waals surface area contributed by atoms with Crippen LogP contribution in [0.5, 0.6) is 0 Å². The number of aldehydes is 1. The number of carbonyl (C=O) groups is 1. The molecule has 4 nitrogen and oxygen atoms in total. The molecule has 17 heavy (non-hydrogen) atoms. The molecule has 0 amide bonds. The molecule has 2 aliphatic rings. The number of aryl methyl sites for hydroxylation is 1. The summed E-state index contributed by atoms with van der Waals surface area (Å²) in [6.07, 6.45) is 6.48. The number of carbonyl (C=O) groups excluding carboxylic acids is 1. The van der Waals surface area contributed by atoms with Crippen LogP contribution in [-0.4, -0.2) is 41.1 Å². The van der Waals surface area contributed by atoms with Crippen molar-refractivity contribution in [2.45, 2.75) is 38.1 Å². The lowest BCUT2D eigenvalue weighted by atomic mass is 10.1. The number of hydrogen-bond acceptors (Lipinski definition) is 3. The van der Waals surface area contributed by atoms with Gasteiger partial charge in [0.05, 0.1) is 11.7 Å². The highest BCUT2D eigenvalue weighted by atomic mass is 16.1. The van der Waals surface area contributed by atoms with Gasteiger partial charge >= 0.3 is 0 Å². The summed E-state index contributed by atoms with van der Waals surface area (Å²) in [6.45, 7) is 2.21. The maximum Gasteiger partial charge on any atom is 0.168 e. The van der Waals surface area contributed by atoms with Gasteiger partial charge in [0.1, 0.15) is 5.69 Å². The Bertz CT molecular complexity index is 430. The van der Waals surface area contributed by atoms with Gasteiger partial charge in [0.15, 0.2) is 6.29 Å². The minimum Gasteiger partial charge on any atom is -0.306 e. The molecule has 0 bridgehead atoms. The van der Waals surface area contributed by atoms with E-state index in [9.17, 15) is 4.79 Å². The highest BCUT2D eigenvalue weighted by Crippen LogP contribution is 2.29. The van der Waals surface area contributed by atoms with Gasteiger partial charge in [0, 0.05) is 5.56 Å². The minimum absolute atomic E-state index is 0.428. The van der Waals surface area contributed by atoms with Crippen molar-refractivity contribution >= 4 is 6.29 Å². The summed E-state index contributed by atoms with van der Waals surface area (Å²) in [5.41, 5.74) is 3.25. The Labute approximate surface area is 102 Å². The second-order valence-corrected chi connectivity index (χ2v) is 5.26. The van der Waals surface area contributed by atoms with Crippen molar-refractivity contribution in [1.29, 1.82) is 0 Å². The van der Waals surface area contributed by atoms with Gasteiger partial charge in [-0.25, -0.2) is 0 Å². The van der Waals surface area contributed by atoms with Gasteiger partial charge in [-0.05, 0) is 52.2 Å². The van der Waals surface area contributed by atoms with Crippen LogP contribution in [0.1, 0.15) is 47.1 Å². The molecule has 92 valence electrons. The second kappa shape index (κ2) is 4.26. The molecule has 4 heteroatoms. The van der Waals surface area contributed by atoms with Gasteiger partial charge in [0.25, 0.3) is 0 Å². The number of aromatic nitrogens is 2. The third-order valence-corrected chi connectivity index (χ3v) is 4.12. The fourth-order valence-corrected chi connectivity index (χ4v) is 3.08. The summed E-state index contributed by atoms with van der Waals surface area (Å²) in [6, 6.07) is 0.428. The van der Waals surface area contributed by atoms with E-state index in [2.05, 4.69) is 17.0 Å². The van der Waals surface area contributed by atoms with E-state index < -0.39 is 0 Å². The van der Waals surface area contributed by atoms with E-state index in [0.717, 1.165) is 57.2 Å². The molecule has 1 aliphatic carbocycles. The highest BCUT2D eigenvalue weighted by molar-refractivity contribution is 5.75. The van der Waals surface area contributed by atoms with E-state index in [-0.39, 0.29) is 0 Å². The smallest absolute Gasteiger partial charge is 0.168 e. The summed E-state index contributed by atoms with van der Waals surface area (Å²) in [7, 11) is 2.15. The Balaban J connectivity index is 1.90. The molecule has 0 unspecified atom stereocenters. The zero-order valence-electron chi connectivity index (χ0n) is 10.4. The van der Waals surface area contributed by atoms with Crippen molar-refractivity contribution in [3.63, 3.8) is 0 Å². The zero-order valence-corrected chi connectivity index (χ0v) is 10.4. The SMILES string of the molecule is CN1CCC(n2nc3c(c2C=O)CCC3)CC1. The van der Waals surface area contributed by atoms with E-state index in [1.165, 1.54) is 11.3 Å². The molecule has 2 heterocycles. The molecule has 1 aliphatic heterocycles. The molecular weight excluding hydrogens is 214 g/mol. The summed E-state index contributed by atoms with van der Waals surface area (Å²) < 4.78 is 2.02. The molecule has 1 fully saturated rings. The van der Waals surface area contributed by atoms with Crippen molar-refractivity contribution in [2.24, 2.45) is 0 Å². The van der Waals surface area contributed by atoms with Crippen LogP contribution in [0, 0.1) is 0 Å². The summed E-state index contributed by atoms with van der Waals surface area (Å²) in [5, 5.41) is 4.68. The van der Waals surface area contributed by atoms with Crippen LogP contribution in [0.2, 0.25) is 0 Å². The van der Waals surface area contributed by atoms with Gasteiger partial charge in [-0.3, -0.25) is 9.48 Å². The number of nitrogens with zero attached hydrogens (tertiary/aromatic N) is 3. The first-order valence-electron chi connectivity index (χ1n) is 6.53. The predicted octanol–water partition coefficient (Wildman–Crippen LogP) is 1.45. The predicted molar refractivity (Wildman–Crippen MR) is 65.4 cm³/mol. The van der Waals surface area contributed by atoms with Gasteiger partial charge in [-0.2, -0.15) is 5.10 Å². The lowest BCUT2D eigenvalue weighted by Gasteiger charge is -2.29. The van der Waals surface area contributed by atoms with E-state index in [1.807, 2.05) is 4.68 Å². The van der Waals surface area contributed by atoms with Crippen LogP contribution in [0.15, 0.2) is 0 Å². The Morgan fingerprint density at radius 2 is 2.06 bits per heavy atom. The van der Waals surface area contributed by atoms with Crippen LogP contribution in [-0.2, 0) is 12.8 Å². The van der Waals surface area contributed by atoms with Crippen LogP contribution >= 0.6 is 0 Å². The molecular formula is C13H19N3O. The maximum atomic E-state index is 11.3. The third kappa shape index (κ3) is 1.80. The lowest BCUT2D eigenvalue weighted by molar-refractivity contribution is 0.110. The van der Waals surface area contributed by atoms with Crippen molar-refractivity contribution in [2.75, 3.05) is 20.1 Å². The topological polar surface area (TPSA) is 38.1 Å². The van der Waals surface area contributed by atoms with Crippen LogP contribution in [0.4, 0.5) is 0 Å². The number of rotatable bonds is 2. The Hall–Kier alpha value is -1.16. The molecule has 1 aromatic rings. The molecule has 0 N–H and O–H groups in total. The quantitative estimate of drug-likeness (QED) is 0.726. The summed E-state index contributed by atoms with van der Waals surface area (Å²) in [5.74, 6) is 0. The first kappa shape index (κ1) is 11.0. The minimum atomic E-state index is 0.428. The standard InChI is InChI=1S/C13H19N3O/c1-15-7-5-10(6-8-15)16-13(9-17)11-3-2-4-12(11)14-16/h9-10H,2-8H2,1H3. The zero-order chi connectivity index (χ0) is 11.8. The molecule has 0 spiro atoms. The maximum absolute atomic E-state index is 11.3. The van der Waals surface area contributed by atoms with Crippen LogP contribution < -0.4 is 0 Å². The number of piperidine rings is 1. The Morgan fingerprint density at radius 1 is 1.29 bits per heavy atom. The average molecular weight is 233 g/mol. The lowest BCUT2D eigenvalue weighted by Crippen LogP contribution is -2.32. The monoisotopic (exact) mass is 233 g/mol. The number of likely N-dealkylation sites (tertiary alicyclic amines) is 1. The summed E-state index contributed by atoms with van der Waals surface area (Å²) in [4.78, 5) is 13.6. The van der Waals surface area contributed by atoms with Crippen molar-refractivity contribution in [3.8, 4) is 0 Å². The fourth-order valence-electron chi connectivity index (χ4n) is 3.08. The van der Waals surface area contributed by atoms with Crippen molar-refractivity contribution < 1.29 is 4.79 Å². The third-order valence-electron chi connectivity index (χ3n) is 4.12. The van der Waals surface area contributed by atoms with E-state index in [4.69, 9.17) is 0 Å². The molecule has 1 aromatic heterocycles. The number of hydrogen-bond donors (Lipinski definition) is 0. The molecule has 0 radical (unpaired) electrons. The molecule has 0 aromatic carbocycles. The Kier molecular flexibility index (Phi) is 2.74. The van der Waals surface area contributed by atoms with Crippen LogP contribution in [0.25, 0.3) is 0 Å². The van der Waals surface area contributed by atoms with Gasteiger partial charge in [-0.15, -0.1) is 0 Å². The van der Waals surface area contributed by atoms with E-state index in [1.54, 1.807) is 0 Å². The molecule has 3 rings (SSSR count). The van der Waals surface area contributed by atoms with Gasteiger partial charge in [0.2, 0.25) is 0 Å². The largest absolute Gasteiger partial charge is 0.306 e. The normalized spacial score (nSPS) is 21.7. The van der Waals surface area contributed by atoms with E-state index >= 15 is 0 Å². The first-order valence-corrected chi connectivity index (χ1v) is 6.53.